The smallest absolute Gasteiger partial charge is 0.218 e. The number of nitrogens with zero attached hydrogens (tertiary/aromatic N) is 2. The molecule has 0 amide bonds. The molecule has 3 aromatic rings. The summed E-state index contributed by atoms with van der Waals surface area (Å²) in [7, 11) is 0. The number of benzene rings is 1. The second-order valence-corrected chi connectivity index (χ2v) is 5.86. The van der Waals surface area contributed by atoms with Gasteiger partial charge in [-0.15, -0.1) is 0 Å². The molecular weight excluding hydrogens is 330 g/mol. The van der Waals surface area contributed by atoms with Crippen LogP contribution in [0, 0.1) is 6.92 Å². The van der Waals surface area contributed by atoms with Gasteiger partial charge in [-0.05, 0) is 40.5 Å². The van der Waals surface area contributed by atoms with Gasteiger partial charge in [-0.3, -0.25) is 9.78 Å². The minimum Gasteiger partial charge on any atom is -0.394 e. The van der Waals surface area contributed by atoms with Gasteiger partial charge < -0.3 is 10.3 Å². The summed E-state index contributed by atoms with van der Waals surface area (Å²) in [6.07, 6.45) is 3.42. The molecule has 2 heterocycles. The molecule has 4 nitrogen and oxygen atoms in total. The number of aryl methyl sites for hydroxylation is 1. The highest BCUT2D eigenvalue weighted by Crippen LogP contribution is 2.20. The Morgan fingerprint density at radius 3 is 2.81 bits per heavy atom. The predicted octanol–water partition coefficient (Wildman–Crippen LogP) is 3.10. The molecule has 0 fully saturated rings. The first-order chi connectivity index (χ1) is 10.0. The van der Waals surface area contributed by atoms with Crippen molar-refractivity contribution in [1.29, 1.82) is 0 Å². The average Bonchev–Trinajstić information content (AvgIpc) is 2.44. The third-order valence-corrected chi connectivity index (χ3v) is 3.91. The highest BCUT2D eigenvalue weighted by Gasteiger charge is 2.07. The van der Waals surface area contributed by atoms with Crippen molar-refractivity contribution in [1.82, 2.24) is 9.55 Å². The summed E-state index contributed by atoms with van der Waals surface area (Å²) in [4.78, 5) is 16.2. The molecule has 106 valence electrons. The number of rotatable bonds is 2. The van der Waals surface area contributed by atoms with Gasteiger partial charge in [-0.2, -0.15) is 0 Å². The number of hydrogen-bond acceptors (Lipinski definition) is 3. The highest BCUT2D eigenvalue weighted by molar-refractivity contribution is 9.10. The van der Waals surface area contributed by atoms with E-state index in [0.29, 0.717) is 11.0 Å². The summed E-state index contributed by atoms with van der Waals surface area (Å²) in [5.74, 6) is 0. The highest BCUT2D eigenvalue weighted by atomic mass is 79.9. The van der Waals surface area contributed by atoms with Gasteiger partial charge >= 0.3 is 0 Å². The lowest BCUT2D eigenvalue weighted by atomic mass is 10.1. The van der Waals surface area contributed by atoms with Gasteiger partial charge in [0.2, 0.25) is 5.43 Å². The van der Waals surface area contributed by atoms with Crippen molar-refractivity contribution in [3.05, 3.63) is 68.7 Å². The summed E-state index contributed by atoms with van der Waals surface area (Å²) in [5, 5.41) is 1.11. The summed E-state index contributed by atoms with van der Waals surface area (Å²) >= 11 is 3.25. The molecule has 0 radical (unpaired) electrons. The van der Waals surface area contributed by atoms with E-state index in [0.717, 1.165) is 22.2 Å². The van der Waals surface area contributed by atoms with Gasteiger partial charge in [0.05, 0.1) is 15.7 Å². The van der Waals surface area contributed by atoms with Gasteiger partial charge in [0, 0.05) is 30.0 Å². The molecule has 0 aliphatic rings. The Kier molecular flexibility index (Phi) is 3.51. The number of pyridine rings is 2. The summed E-state index contributed by atoms with van der Waals surface area (Å²) in [6.45, 7) is 2.61. The molecule has 0 saturated carbocycles. The molecule has 0 atom stereocenters. The van der Waals surface area contributed by atoms with Crippen molar-refractivity contribution in [2.75, 3.05) is 5.73 Å². The maximum atomic E-state index is 11.6. The van der Waals surface area contributed by atoms with E-state index in [1.165, 1.54) is 0 Å². The molecule has 1 aromatic carbocycles. The third kappa shape index (κ3) is 2.69. The second-order valence-electron chi connectivity index (χ2n) is 5.00. The Bertz CT molecular complexity index is 860. The Morgan fingerprint density at radius 2 is 2.05 bits per heavy atom. The SMILES string of the molecule is Cc1cc(Cn2cc(N)c(=O)c(Br)c2)c2ccccc2n1. The van der Waals surface area contributed by atoms with Crippen LogP contribution < -0.4 is 11.2 Å². The zero-order valence-corrected chi connectivity index (χ0v) is 13.1. The molecule has 21 heavy (non-hydrogen) atoms. The molecule has 2 aromatic heterocycles. The second kappa shape index (κ2) is 5.33. The molecular formula is C16H14BrN3O. The van der Waals surface area contributed by atoms with Crippen molar-refractivity contribution in [3.63, 3.8) is 0 Å². The van der Waals surface area contributed by atoms with Crippen molar-refractivity contribution < 1.29 is 0 Å². The lowest BCUT2D eigenvalue weighted by Crippen LogP contribution is -2.13. The summed E-state index contributed by atoms with van der Waals surface area (Å²) in [5.41, 5.74) is 8.89. The molecule has 0 spiro atoms. The fourth-order valence-electron chi connectivity index (χ4n) is 2.43. The van der Waals surface area contributed by atoms with Crippen LogP contribution in [0.2, 0.25) is 0 Å². The summed E-state index contributed by atoms with van der Waals surface area (Å²) < 4.78 is 2.37. The minimum absolute atomic E-state index is 0.179. The van der Waals surface area contributed by atoms with E-state index in [2.05, 4.69) is 33.0 Å². The number of fused-ring (bicyclic) bond motifs is 1. The first-order valence-corrected chi connectivity index (χ1v) is 7.34. The van der Waals surface area contributed by atoms with Gasteiger partial charge in [0.25, 0.3) is 0 Å². The van der Waals surface area contributed by atoms with Crippen LogP contribution in [0.3, 0.4) is 0 Å². The van der Waals surface area contributed by atoms with E-state index in [1.807, 2.05) is 29.7 Å². The topological polar surface area (TPSA) is 60.9 Å². The fraction of sp³-hybridized carbons (Fsp3) is 0.125. The number of halogens is 1. The number of aromatic nitrogens is 2. The predicted molar refractivity (Wildman–Crippen MR) is 88.4 cm³/mol. The molecule has 0 unspecified atom stereocenters. The van der Waals surface area contributed by atoms with E-state index >= 15 is 0 Å². The van der Waals surface area contributed by atoms with Crippen molar-refractivity contribution >= 4 is 32.5 Å². The van der Waals surface area contributed by atoms with Crippen LogP contribution in [0.1, 0.15) is 11.3 Å². The number of nitrogens with two attached hydrogens (primary N) is 1. The molecule has 5 heteroatoms. The molecule has 0 aliphatic heterocycles. The van der Waals surface area contributed by atoms with Crippen LogP contribution >= 0.6 is 15.9 Å². The molecule has 0 aliphatic carbocycles. The Morgan fingerprint density at radius 1 is 1.29 bits per heavy atom. The van der Waals surface area contributed by atoms with Crippen LogP contribution in [-0.4, -0.2) is 9.55 Å². The number of para-hydroxylation sites is 1. The van der Waals surface area contributed by atoms with E-state index in [1.54, 1.807) is 12.4 Å². The minimum atomic E-state index is -0.179. The zero-order chi connectivity index (χ0) is 15.0. The van der Waals surface area contributed by atoms with Gasteiger partial charge in [-0.1, -0.05) is 18.2 Å². The summed E-state index contributed by atoms with van der Waals surface area (Å²) in [6, 6.07) is 10.1. The molecule has 3 rings (SSSR count). The van der Waals surface area contributed by atoms with Crippen molar-refractivity contribution in [2.45, 2.75) is 13.5 Å². The maximum Gasteiger partial charge on any atom is 0.218 e. The zero-order valence-electron chi connectivity index (χ0n) is 11.5. The first-order valence-electron chi connectivity index (χ1n) is 6.55. The lowest BCUT2D eigenvalue weighted by molar-refractivity contribution is 0.790. The van der Waals surface area contributed by atoms with Crippen LogP contribution in [0.15, 0.2) is 52.0 Å². The standard InChI is InChI=1S/C16H14BrN3O/c1-10-6-11(12-4-2-3-5-15(12)19-10)7-20-8-13(17)16(21)14(18)9-20/h2-6,8-9H,7,18H2,1H3. The van der Waals surface area contributed by atoms with Crippen molar-refractivity contribution in [3.8, 4) is 0 Å². The third-order valence-electron chi connectivity index (χ3n) is 3.35. The largest absolute Gasteiger partial charge is 0.394 e. The number of nitrogen functional groups attached to an aromatic ring is 1. The maximum absolute atomic E-state index is 11.6. The lowest BCUT2D eigenvalue weighted by Gasteiger charge is -2.11. The van der Waals surface area contributed by atoms with Gasteiger partial charge in [0.1, 0.15) is 0 Å². The van der Waals surface area contributed by atoms with Crippen LogP contribution in [-0.2, 0) is 6.54 Å². The van der Waals surface area contributed by atoms with E-state index < -0.39 is 0 Å². The first kappa shape index (κ1) is 13.8. The number of anilines is 1. The van der Waals surface area contributed by atoms with Crippen LogP contribution in [0.4, 0.5) is 5.69 Å². The quantitative estimate of drug-likeness (QED) is 0.777. The Hall–Kier alpha value is -2.14. The van der Waals surface area contributed by atoms with E-state index in [4.69, 9.17) is 5.73 Å². The van der Waals surface area contributed by atoms with Gasteiger partial charge in [-0.25, -0.2) is 0 Å². The van der Waals surface area contributed by atoms with Crippen molar-refractivity contribution in [2.24, 2.45) is 0 Å². The van der Waals surface area contributed by atoms with E-state index in [9.17, 15) is 4.79 Å². The molecule has 2 N–H and O–H groups in total. The van der Waals surface area contributed by atoms with Crippen LogP contribution in [0.25, 0.3) is 10.9 Å². The monoisotopic (exact) mass is 343 g/mol. The Labute approximate surface area is 130 Å². The fourth-order valence-corrected chi connectivity index (χ4v) is 2.92. The molecule has 0 bridgehead atoms. The number of hydrogen-bond donors (Lipinski definition) is 1. The normalized spacial score (nSPS) is 11.0. The van der Waals surface area contributed by atoms with E-state index in [-0.39, 0.29) is 11.1 Å². The Balaban J connectivity index is 2.12. The average molecular weight is 344 g/mol. The van der Waals surface area contributed by atoms with Crippen LogP contribution in [0.5, 0.6) is 0 Å². The van der Waals surface area contributed by atoms with Gasteiger partial charge in [0.15, 0.2) is 0 Å². The molecule has 0 saturated heterocycles.